The van der Waals surface area contributed by atoms with Crippen LogP contribution in [0.4, 0.5) is 9.18 Å². The lowest BCUT2D eigenvalue weighted by Gasteiger charge is -2.28. The van der Waals surface area contributed by atoms with E-state index in [0.717, 1.165) is 41.3 Å². The van der Waals surface area contributed by atoms with Gasteiger partial charge in [0.05, 0.1) is 0 Å². The number of H-pyrrole nitrogens is 1. The third-order valence-corrected chi connectivity index (χ3v) is 5.88. The zero-order valence-electron chi connectivity index (χ0n) is 20.1. The largest absolute Gasteiger partial charge is 0.361 e. The molecule has 0 aliphatic rings. The minimum Gasteiger partial charge on any atom is -0.361 e. The molecule has 0 unspecified atom stereocenters. The molecular weight excluding hydrogens is 431 g/mol. The monoisotopic (exact) mass is 466 g/mol. The number of fused-ring (bicyclic) bond motifs is 1. The molecule has 0 aliphatic heterocycles. The predicted molar refractivity (Wildman–Crippen MR) is 134 cm³/mol. The number of aromatic nitrogens is 1. The van der Waals surface area contributed by atoms with Crippen LogP contribution < -0.4 is 5.32 Å². The summed E-state index contributed by atoms with van der Waals surface area (Å²) in [5.41, 5.74) is 3.05. The number of rotatable bonds is 12. The molecule has 7 heteroatoms. The molecule has 1 aromatic heterocycles. The van der Waals surface area contributed by atoms with Gasteiger partial charge in [-0.3, -0.25) is 4.79 Å². The summed E-state index contributed by atoms with van der Waals surface area (Å²) in [6.45, 7) is 6.04. The zero-order valence-corrected chi connectivity index (χ0v) is 20.1. The Kier molecular flexibility index (Phi) is 9.50. The number of unbranched alkanes of at least 4 members (excludes halogenated alkanes) is 1. The van der Waals surface area contributed by atoms with E-state index in [1.807, 2.05) is 31.3 Å². The van der Waals surface area contributed by atoms with E-state index in [1.165, 1.54) is 12.1 Å². The van der Waals surface area contributed by atoms with Crippen molar-refractivity contribution in [3.05, 3.63) is 71.7 Å². The summed E-state index contributed by atoms with van der Waals surface area (Å²) in [5, 5.41) is 4.05. The number of para-hydroxylation sites is 1. The number of amides is 3. The Bertz CT molecular complexity index is 1060. The zero-order chi connectivity index (χ0) is 24.3. The van der Waals surface area contributed by atoms with Crippen LogP contribution in [0.3, 0.4) is 0 Å². The third kappa shape index (κ3) is 7.07. The standard InChI is InChI=1S/C27H35FN4O2/c1-3-5-15-29-27(34)32(16-4-2)20-26(33)31(19-21-10-12-23(28)13-11-21)17-14-22-18-30-25-9-7-6-8-24(22)25/h6-13,18,30H,3-5,14-17,19-20H2,1-2H3,(H,29,34). The van der Waals surface area contributed by atoms with Crippen LogP contribution in [0.25, 0.3) is 10.9 Å². The molecule has 0 saturated heterocycles. The van der Waals surface area contributed by atoms with Crippen LogP contribution in [0.1, 0.15) is 44.2 Å². The number of carbonyl (C=O) groups is 2. The summed E-state index contributed by atoms with van der Waals surface area (Å²) < 4.78 is 13.4. The highest BCUT2D eigenvalue weighted by Gasteiger charge is 2.21. The minimum atomic E-state index is -0.307. The first-order valence-electron chi connectivity index (χ1n) is 12.1. The van der Waals surface area contributed by atoms with Gasteiger partial charge in [-0.05, 0) is 48.6 Å². The fraction of sp³-hybridized carbons (Fsp3) is 0.407. The Morgan fingerprint density at radius 2 is 1.74 bits per heavy atom. The van der Waals surface area contributed by atoms with Crippen LogP contribution in [0.5, 0.6) is 0 Å². The molecule has 0 fully saturated rings. The van der Waals surface area contributed by atoms with Crippen molar-refractivity contribution in [2.75, 3.05) is 26.2 Å². The van der Waals surface area contributed by atoms with Crippen LogP contribution in [0, 0.1) is 5.82 Å². The molecule has 0 atom stereocenters. The van der Waals surface area contributed by atoms with Crippen LogP contribution in [0.15, 0.2) is 54.7 Å². The van der Waals surface area contributed by atoms with E-state index in [4.69, 9.17) is 0 Å². The van der Waals surface area contributed by atoms with Crippen LogP contribution in [-0.4, -0.2) is 52.9 Å². The van der Waals surface area contributed by atoms with Gasteiger partial charge in [-0.15, -0.1) is 0 Å². The van der Waals surface area contributed by atoms with Crippen LogP contribution in [-0.2, 0) is 17.8 Å². The normalized spacial score (nSPS) is 10.9. The average molecular weight is 467 g/mol. The SMILES string of the molecule is CCCCNC(=O)N(CCC)CC(=O)N(CCc1c[nH]c2ccccc12)Cc1ccc(F)cc1. The summed E-state index contributed by atoms with van der Waals surface area (Å²) in [5.74, 6) is -0.429. The summed E-state index contributed by atoms with van der Waals surface area (Å²) >= 11 is 0. The average Bonchev–Trinajstić information content (AvgIpc) is 3.25. The molecule has 0 radical (unpaired) electrons. The van der Waals surface area contributed by atoms with Crippen molar-refractivity contribution in [3.63, 3.8) is 0 Å². The number of nitrogens with one attached hydrogen (secondary N) is 2. The second-order valence-electron chi connectivity index (χ2n) is 8.56. The quantitative estimate of drug-likeness (QED) is 0.365. The van der Waals surface area contributed by atoms with Gasteiger partial charge < -0.3 is 20.1 Å². The maximum atomic E-state index is 13.4. The Morgan fingerprint density at radius 3 is 2.47 bits per heavy atom. The van der Waals surface area contributed by atoms with Crippen molar-refractivity contribution in [3.8, 4) is 0 Å². The molecule has 1 heterocycles. The van der Waals surface area contributed by atoms with Crippen molar-refractivity contribution in [1.29, 1.82) is 0 Å². The van der Waals surface area contributed by atoms with Gasteiger partial charge in [0, 0.05) is 43.3 Å². The molecule has 2 aromatic carbocycles. The highest BCUT2D eigenvalue weighted by molar-refractivity contribution is 5.85. The van der Waals surface area contributed by atoms with Crippen LogP contribution in [0.2, 0.25) is 0 Å². The van der Waals surface area contributed by atoms with E-state index in [9.17, 15) is 14.0 Å². The molecule has 0 bridgehead atoms. The maximum absolute atomic E-state index is 13.4. The molecule has 2 N–H and O–H groups in total. The first kappa shape index (κ1) is 25.3. The molecular formula is C27H35FN4O2. The number of halogens is 1. The van der Waals surface area contributed by atoms with E-state index in [-0.39, 0.29) is 24.3 Å². The molecule has 0 aliphatic carbocycles. The van der Waals surface area contributed by atoms with Crippen molar-refractivity contribution >= 4 is 22.8 Å². The summed E-state index contributed by atoms with van der Waals surface area (Å²) in [6, 6.07) is 14.1. The van der Waals surface area contributed by atoms with Crippen LogP contribution >= 0.6 is 0 Å². The van der Waals surface area contributed by atoms with Gasteiger partial charge in [0.2, 0.25) is 5.91 Å². The van der Waals surface area contributed by atoms with Crippen molar-refractivity contribution in [2.24, 2.45) is 0 Å². The molecule has 3 rings (SSSR count). The van der Waals surface area contributed by atoms with Crippen molar-refractivity contribution < 1.29 is 14.0 Å². The molecule has 0 spiro atoms. The minimum absolute atomic E-state index is 0.0148. The number of hydrogen-bond donors (Lipinski definition) is 2. The number of carbonyl (C=O) groups excluding carboxylic acids is 2. The van der Waals surface area contributed by atoms with Crippen molar-refractivity contribution in [2.45, 2.75) is 46.1 Å². The first-order valence-corrected chi connectivity index (χ1v) is 12.1. The lowest BCUT2D eigenvalue weighted by Crippen LogP contribution is -2.47. The Balaban J connectivity index is 1.73. The fourth-order valence-electron chi connectivity index (χ4n) is 3.97. The number of aromatic amines is 1. The molecule has 3 amide bonds. The van der Waals surface area contributed by atoms with E-state index in [2.05, 4.69) is 23.3 Å². The summed E-state index contributed by atoms with van der Waals surface area (Å²) in [6.07, 6.45) is 5.32. The molecule has 182 valence electrons. The van der Waals surface area contributed by atoms with Gasteiger partial charge in [-0.1, -0.05) is 50.6 Å². The Morgan fingerprint density at radius 1 is 0.971 bits per heavy atom. The summed E-state index contributed by atoms with van der Waals surface area (Å²) in [7, 11) is 0. The smallest absolute Gasteiger partial charge is 0.317 e. The van der Waals surface area contributed by atoms with Gasteiger partial charge in [0.15, 0.2) is 0 Å². The Labute approximate surface area is 201 Å². The lowest BCUT2D eigenvalue weighted by molar-refractivity contribution is -0.132. The number of urea groups is 1. The number of nitrogens with zero attached hydrogens (tertiary/aromatic N) is 2. The highest BCUT2D eigenvalue weighted by Crippen LogP contribution is 2.19. The highest BCUT2D eigenvalue weighted by atomic mass is 19.1. The topological polar surface area (TPSA) is 68.4 Å². The summed E-state index contributed by atoms with van der Waals surface area (Å²) in [4.78, 5) is 32.7. The fourth-order valence-corrected chi connectivity index (χ4v) is 3.97. The molecule has 0 saturated carbocycles. The van der Waals surface area contributed by atoms with E-state index in [0.29, 0.717) is 32.6 Å². The van der Waals surface area contributed by atoms with E-state index >= 15 is 0 Å². The number of benzene rings is 2. The van der Waals surface area contributed by atoms with E-state index < -0.39 is 0 Å². The maximum Gasteiger partial charge on any atom is 0.317 e. The number of hydrogen-bond acceptors (Lipinski definition) is 2. The first-order chi connectivity index (χ1) is 16.5. The van der Waals surface area contributed by atoms with E-state index in [1.54, 1.807) is 21.9 Å². The van der Waals surface area contributed by atoms with Crippen molar-refractivity contribution in [1.82, 2.24) is 20.1 Å². The molecule has 3 aromatic rings. The second-order valence-corrected chi connectivity index (χ2v) is 8.56. The van der Waals surface area contributed by atoms with Gasteiger partial charge >= 0.3 is 6.03 Å². The van der Waals surface area contributed by atoms with Gasteiger partial charge in [-0.2, -0.15) is 0 Å². The predicted octanol–water partition coefficient (Wildman–Crippen LogP) is 5.10. The third-order valence-electron chi connectivity index (χ3n) is 5.88. The second kappa shape index (κ2) is 12.8. The lowest BCUT2D eigenvalue weighted by atomic mass is 10.1. The van der Waals surface area contributed by atoms with Gasteiger partial charge in [0.1, 0.15) is 12.4 Å². The van der Waals surface area contributed by atoms with Gasteiger partial charge in [0.25, 0.3) is 0 Å². The molecule has 34 heavy (non-hydrogen) atoms. The van der Waals surface area contributed by atoms with Gasteiger partial charge in [-0.25, -0.2) is 9.18 Å². The molecule has 6 nitrogen and oxygen atoms in total. The Hall–Kier alpha value is -3.35.